The molecule has 0 saturated carbocycles. The van der Waals surface area contributed by atoms with Gasteiger partial charge in [-0.25, -0.2) is 4.39 Å². The molecule has 0 aliphatic carbocycles. The van der Waals surface area contributed by atoms with Crippen molar-refractivity contribution in [3.8, 4) is 0 Å². The van der Waals surface area contributed by atoms with Crippen LogP contribution in [0.25, 0.3) is 0 Å². The molecule has 2 amide bonds. The van der Waals surface area contributed by atoms with E-state index in [1.165, 1.54) is 12.1 Å². The van der Waals surface area contributed by atoms with Crippen molar-refractivity contribution in [3.63, 3.8) is 0 Å². The molecule has 1 aliphatic heterocycles. The van der Waals surface area contributed by atoms with Crippen LogP contribution in [-0.2, 0) is 14.3 Å². The van der Waals surface area contributed by atoms with Gasteiger partial charge in [0, 0.05) is 6.54 Å². The zero-order valence-corrected chi connectivity index (χ0v) is 13.2. The fourth-order valence-corrected chi connectivity index (χ4v) is 2.45. The number of halogens is 4. The molecule has 0 bridgehead atoms. The average Bonchev–Trinajstić information content (AvgIpc) is 2.77. The quantitative estimate of drug-likeness (QED) is 0.327. The van der Waals surface area contributed by atoms with Crippen molar-refractivity contribution >= 4 is 21.9 Å². The summed E-state index contributed by atoms with van der Waals surface area (Å²) in [7, 11) is -5.89. The van der Waals surface area contributed by atoms with Gasteiger partial charge in [-0.05, 0) is 24.6 Å². The van der Waals surface area contributed by atoms with Crippen molar-refractivity contribution in [2.75, 3.05) is 13.2 Å². The maximum atomic E-state index is 13.4. The molecule has 11 heteroatoms. The van der Waals surface area contributed by atoms with Crippen molar-refractivity contribution in [3.05, 3.63) is 47.3 Å². The van der Waals surface area contributed by atoms with Crippen LogP contribution in [0.5, 0.6) is 0 Å². The fourth-order valence-electron chi connectivity index (χ4n) is 2.05. The molecule has 2 rings (SSSR count). The predicted octanol–water partition coefficient (Wildman–Crippen LogP) is 2.39. The van der Waals surface area contributed by atoms with Gasteiger partial charge in [0.25, 0.3) is 11.8 Å². The highest BCUT2D eigenvalue weighted by Gasteiger charge is 2.47. The standard InChI is InChI=1S/C14H11F4NO5S/c15-9(8-24-25(22,23)14(16,17)18)4-3-7-19-12(20)10-5-1-2-6-11(10)13(19)21/h1-2,4-6H,3,7-8H2. The minimum Gasteiger partial charge on any atom is -0.274 e. The lowest BCUT2D eigenvalue weighted by atomic mass is 10.1. The second-order valence-corrected chi connectivity index (χ2v) is 6.52. The molecule has 1 aromatic rings. The lowest BCUT2D eigenvalue weighted by molar-refractivity contribution is -0.0538. The molecular formula is C14H11F4NO5S. The molecule has 0 saturated heterocycles. The number of nitrogens with zero attached hydrogens (tertiary/aromatic N) is 1. The number of hydrogen-bond acceptors (Lipinski definition) is 5. The van der Waals surface area contributed by atoms with Gasteiger partial charge < -0.3 is 0 Å². The van der Waals surface area contributed by atoms with E-state index in [-0.39, 0.29) is 24.1 Å². The molecule has 6 nitrogen and oxygen atoms in total. The predicted molar refractivity (Wildman–Crippen MR) is 76.5 cm³/mol. The molecule has 0 radical (unpaired) electrons. The number of rotatable bonds is 6. The highest BCUT2D eigenvalue weighted by Crippen LogP contribution is 2.25. The number of hydrogen-bond donors (Lipinski definition) is 0. The molecule has 0 N–H and O–H groups in total. The van der Waals surface area contributed by atoms with E-state index in [0.717, 1.165) is 11.0 Å². The maximum Gasteiger partial charge on any atom is 0.523 e. The number of carbonyl (C=O) groups is 2. The minimum absolute atomic E-state index is 0.205. The smallest absolute Gasteiger partial charge is 0.274 e. The molecule has 25 heavy (non-hydrogen) atoms. The summed E-state index contributed by atoms with van der Waals surface area (Å²) < 4.78 is 74.2. The van der Waals surface area contributed by atoms with Crippen LogP contribution < -0.4 is 0 Å². The Morgan fingerprint density at radius 1 is 1.12 bits per heavy atom. The van der Waals surface area contributed by atoms with Crippen molar-refractivity contribution < 1.29 is 39.8 Å². The van der Waals surface area contributed by atoms with Crippen molar-refractivity contribution in [2.45, 2.75) is 11.9 Å². The first-order valence-corrected chi connectivity index (χ1v) is 8.21. The summed E-state index contributed by atoms with van der Waals surface area (Å²) in [5.41, 5.74) is -5.24. The summed E-state index contributed by atoms with van der Waals surface area (Å²) in [5.74, 6) is -2.40. The average molecular weight is 381 g/mol. The molecule has 1 aromatic carbocycles. The number of imide groups is 1. The number of alkyl halides is 3. The molecule has 0 atom stereocenters. The first-order valence-electron chi connectivity index (χ1n) is 6.80. The van der Waals surface area contributed by atoms with E-state index in [0.29, 0.717) is 0 Å². The van der Waals surface area contributed by atoms with Gasteiger partial charge in [0.05, 0.1) is 11.1 Å². The van der Waals surface area contributed by atoms with Crippen LogP contribution in [0.15, 0.2) is 36.2 Å². The van der Waals surface area contributed by atoms with Gasteiger partial charge in [0.2, 0.25) is 0 Å². The summed E-state index contributed by atoms with van der Waals surface area (Å²) in [4.78, 5) is 24.9. The van der Waals surface area contributed by atoms with Crippen LogP contribution in [0.4, 0.5) is 17.6 Å². The summed E-state index contributed by atoms with van der Waals surface area (Å²) in [6.07, 6.45) is 0.530. The van der Waals surface area contributed by atoms with E-state index in [1.54, 1.807) is 12.1 Å². The van der Waals surface area contributed by atoms with Crippen LogP contribution in [0, 0.1) is 0 Å². The number of fused-ring (bicyclic) bond motifs is 1. The minimum atomic E-state index is -5.89. The summed E-state index contributed by atoms with van der Waals surface area (Å²) >= 11 is 0. The number of amides is 2. The Hall–Kier alpha value is -2.27. The van der Waals surface area contributed by atoms with Crippen LogP contribution in [0.3, 0.4) is 0 Å². The topological polar surface area (TPSA) is 80.8 Å². The van der Waals surface area contributed by atoms with Gasteiger partial charge in [0.15, 0.2) is 0 Å². The van der Waals surface area contributed by atoms with Crippen LogP contribution >= 0.6 is 0 Å². The summed E-state index contributed by atoms with van der Waals surface area (Å²) in [6.45, 7) is -1.64. The van der Waals surface area contributed by atoms with Gasteiger partial charge in [-0.3, -0.25) is 18.7 Å². The Morgan fingerprint density at radius 3 is 2.12 bits per heavy atom. The molecule has 136 valence electrons. The van der Waals surface area contributed by atoms with Gasteiger partial charge in [-0.2, -0.15) is 21.6 Å². The second-order valence-electron chi connectivity index (χ2n) is 4.91. The Morgan fingerprint density at radius 2 is 1.64 bits per heavy atom. The third kappa shape index (κ3) is 4.04. The molecule has 0 unspecified atom stereocenters. The Balaban J connectivity index is 1.92. The van der Waals surface area contributed by atoms with Crippen LogP contribution in [-0.4, -0.2) is 43.8 Å². The Bertz CT molecular complexity index is 797. The lowest BCUT2D eigenvalue weighted by Crippen LogP contribution is -2.30. The molecule has 1 heterocycles. The molecular weight excluding hydrogens is 370 g/mol. The van der Waals surface area contributed by atoms with E-state index in [9.17, 15) is 35.6 Å². The summed E-state index contributed by atoms with van der Waals surface area (Å²) in [6, 6.07) is 6.07. The van der Waals surface area contributed by atoms with E-state index in [4.69, 9.17) is 0 Å². The fraction of sp³-hybridized carbons (Fsp3) is 0.286. The molecule has 0 aromatic heterocycles. The van der Waals surface area contributed by atoms with Gasteiger partial charge in [0.1, 0.15) is 12.4 Å². The van der Waals surface area contributed by atoms with Crippen molar-refractivity contribution in [1.82, 2.24) is 4.90 Å². The zero-order valence-electron chi connectivity index (χ0n) is 12.4. The van der Waals surface area contributed by atoms with Gasteiger partial charge in [-0.15, -0.1) is 0 Å². The number of benzene rings is 1. The highest BCUT2D eigenvalue weighted by molar-refractivity contribution is 7.87. The van der Waals surface area contributed by atoms with E-state index >= 15 is 0 Å². The molecule has 1 aliphatic rings. The van der Waals surface area contributed by atoms with E-state index in [2.05, 4.69) is 4.18 Å². The van der Waals surface area contributed by atoms with Gasteiger partial charge >= 0.3 is 15.6 Å². The van der Waals surface area contributed by atoms with Gasteiger partial charge in [-0.1, -0.05) is 12.1 Å². The largest absolute Gasteiger partial charge is 0.523 e. The van der Waals surface area contributed by atoms with Crippen LogP contribution in [0.1, 0.15) is 27.1 Å². The van der Waals surface area contributed by atoms with Crippen molar-refractivity contribution in [2.24, 2.45) is 0 Å². The normalized spacial score (nSPS) is 15.7. The first-order chi connectivity index (χ1) is 11.5. The maximum absolute atomic E-state index is 13.4. The van der Waals surface area contributed by atoms with E-state index < -0.39 is 39.9 Å². The highest BCUT2D eigenvalue weighted by atomic mass is 32.2. The first kappa shape index (κ1) is 19.1. The monoisotopic (exact) mass is 381 g/mol. The third-order valence-corrected chi connectivity index (χ3v) is 4.23. The Labute approximate surface area is 139 Å². The third-order valence-electron chi connectivity index (χ3n) is 3.23. The zero-order chi connectivity index (χ0) is 18.8. The summed E-state index contributed by atoms with van der Waals surface area (Å²) in [5, 5.41) is 0. The Kier molecular flexibility index (Phi) is 5.28. The molecule has 0 spiro atoms. The lowest BCUT2D eigenvalue weighted by Gasteiger charge is -2.12. The van der Waals surface area contributed by atoms with Crippen molar-refractivity contribution in [1.29, 1.82) is 0 Å². The van der Waals surface area contributed by atoms with E-state index in [1.807, 2.05) is 0 Å². The molecule has 0 fully saturated rings. The SMILES string of the molecule is O=C1c2ccccc2C(=O)N1CCC=C(F)COS(=O)(=O)C(F)(F)F. The van der Waals surface area contributed by atoms with Crippen LogP contribution in [0.2, 0.25) is 0 Å². The number of carbonyl (C=O) groups excluding carboxylic acids is 2. The second kappa shape index (κ2) is 6.92.